The molecule has 0 unspecified atom stereocenters. The number of alkyl halides is 3. The van der Waals surface area contributed by atoms with Gasteiger partial charge in [-0.2, -0.15) is 13.2 Å². The molecule has 0 amide bonds. The summed E-state index contributed by atoms with van der Waals surface area (Å²) < 4.78 is 43.9. The maximum atomic E-state index is 13.0. The van der Waals surface area contributed by atoms with Gasteiger partial charge in [0.15, 0.2) is 0 Å². The van der Waals surface area contributed by atoms with E-state index in [2.05, 4.69) is 15.5 Å². The van der Waals surface area contributed by atoms with E-state index in [1.54, 1.807) is 13.0 Å². The third-order valence-electron chi connectivity index (χ3n) is 4.22. The lowest BCUT2D eigenvalue weighted by Gasteiger charge is -2.28. The molecule has 0 atom stereocenters. The van der Waals surface area contributed by atoms with E-state index >= 15 is 0 Å². The van der Waals surface area contributed by atoms with Crippen LogP contribution in [0, 0.1) is 0 Å². The first-order valence-corrected chi connectivity index (χ1v) is 8.93. The smallest absolute Gasteiger partial charge is 0.416 e. The second-order valence-electron chi connectivity index (χ2n) is 6.23. The van der Waals surface area contributed by atoms with Gasteiger partial charge in [0.1, 0.15) is 0 Å². The number of benzene rings is 1. The van der Waals surface area contributed by atoms with Crippen molar-refractivity contribution in [3.63, 3.8) is 0 Å². The van der Waals surface area contributed by atoms with Gasteiger partial charge in [0.2, 0.25) is 0 Å². The number of hydrogen-bond donors (Lipinski definition) is 2. The lowest BCUT2D eigenvalue weighted by Crippen LogP contribution is -2.43. The van der Waals surface area contributed by atoms with Crippen LogP contribution in [0.25, 0.3) is 0 Å². The number of esters is 1. The second-order valence-corrected chi connectivity index (χ2v) is 6.23. The highest BCUT2D eigenvalue weighted by Crippen LogP contribution is 2.32. The van der Waals surface area contributed by atoms with Crippen LogP contribution < -0.4 is 10.6 Å². The van der Waals surface area contributed by atoms with Crippen molar-refractivity contribution in [2.24, 2.45) is 0 Å². The monoisotopic (exact) mass is 373 g/mol. The fourth-order valence-corrected chi connectivity index (χ4v) is 2.85. The molecule has 8 heteroatoms. The molecular weight excluding hydrogens is 347 g/mol. The summed E-state index contributed by atoms with van der Waals surface area (Å²) >= 11 is 0. The number of rotatable bonds is 8. The largest absolute Gasteiger partial charge is 0.466 e. The maximum Gasteiger partial charge on any atom is 0.416 e. The van der Waals surface area contributed by atoms with Crippen LogP contribution in [0.2, 0.25) is 0 Å². The zero-order valence-electron chi connectivity index (χ0n) is 15.0. The van der Waals surface area contributed by atoms with Gasteiger partial charge in [-0.25, -0.2) is 0 Å². The molecule has 0 saturated carbocycles. The van der Waals surface area contributed by atoms with Gasteiger partial charge in [0, 0.05) is 51.4 Å². The van der Waals surface area contributed by atoms with Gasteiger partial charge < -0.3 is 15.4 Å². The number of nitrogens with zero attached hydrogens (tertiary/aromatic N) is 1. The normalized spacial score (nSPS) is 15.7. The molecular formula is C18H26F3N3O2. The quantitative estimate of drug-likeness (QED) is 0.542. The Balaban J connectivity index is 2.02. The van der Waals surface area contributed by atoms with Crippen molar-refractivity contribution in [2.75, 3.05) is 44.6 Å². The molecule has 0 aliphatic carbocycles. The Kier molecular flexibility index (Phi) is 7.71. The van der Waals surface area contributed by atoms with Gasteiger partial charge in [-0.15, -0.1) is 0 Å². The molecule has 0 bridgehead atoms. The molecule has 1 aromatic carbocycles. The maximum absolute atomic E-state index is 13.0. The number of carbonyl (C=O) groups is 1. The van der Waals surface area contributed by atoms with Gasteiger partial charge in [-0.05, 0) is 31.0 Å². The molecule has 0 radical (unpaired) electrons. The van der Waals surface area contributed by atoms with Crippen LogP contribution in [-0.4, -0.2) is 50.2 Å². The van der Waals surface area contributed by atoms with E-state index in [4.69, 9.17) is 4.74 Å². The topological polar surface area (TPSA) is 53.6 Å². The first kappa shape index (κ1) is 20.5. The number of piperazine rings is 1. The fraction of sp³-hybridized carbons (Fsp3) is 0.611. The van der Waals surface area contributed by atoms with E-state index in [9.17, 15) is 18.0 Å². The van der Waals surface area contributed by atoms with Crippen molar-refractivity contribution in [1.29, 1.82) is 0 Å². The van der Waals surface area contributed by atoms with E-state index < -0.39 is 11.7 Å². The molecule has 1 saturated heterocycles. The van der Waals surface area contributed by atoms with E-state index in [1.807, 2.05) is 0 Å². The first-order chi connectivity index (χ1) is 12.4. The summed E-state index contributed by atoms with van der Waals surface area (Å²) in [4.78, 5) is 13.6. The van der Waals surface area contributed by atoms with Gasteiger partial charge >= 0.3 is 12.1 Å². The highest BCUT2D eigenvalue weighted by molar-refractivity contribution is 5.69. The van der Waals surface area contributed by atoms with Crippen LogP contribution in [0.1, 0.15) is 30.9 Å². The van der Waals surface area contributed by atoms with Gasteiger partial charge in [-0.3, -0.25) is 9.69 Å². The SMILES string of the molecule is CCOC(=O)CCCNc1cc(C(F)(F)F)ccc1CN1CCNCC1. The molecule has 1 heterocycles. The Morgan fingerprint density at radius 1 is 1.31 bits per heavy atom. The molecule has 0 aromatic heterocycles. The van der Waals surface area contributed by atoms with Crippen LogP contribution >= 0.6 is 0 Å². The summed E-state index contributed by atoms with van der Waals surface area (Å²) in [6, 6.07) is 3.82. The zero-order valence-corrected chi connectivity index (χ0v) is 15.0. The van der Waals surface area contributed by atoms with E-state index in [-0.39, 0.29) is 12.4 Å². The third kappa shape index (κ3) is 6.49. The van der Waals surface area contributed by atoms with Crippen LogP contribution in [0.3, 0.4) is 0 Å². The molecule has 1 aliphatic heterocycles. The third-order valence-corrected chi connectivity index (χ3v) is 4.22. The van der Waals surface area contributed by atoms with Crippen molar-refractivity contribution in [1.82, 2.24) is 10.2 Å². The molecule has 2 rings (SSSR count). The number of nitrogens with one attached hydrogen (secondary N) is 2. The minimum atomic E-state index is -4.38. The summed E-state index contributed by atoms with van der Waals surface area (Å²) in [5, 5.41) is 6.32. The molecule has 146 valence electrons. The van der Waals surface area contributed by atoms with Gasteiger partial charge in [0.05, 0.1) is 12.2 Å². The predicted octanol–water partition coefficient (Wildman–Crippen LogP) is 2.87. The summed E-state index contributed by atoms with van der Waals surface area (Å²) in [5.74, 6) is -0.292. The number of carbonyl (C=O) groups excluding carboxylic acids is 1. The number of ether oxygens (including phenoxy) is 1. The van der Waals surface area contributed by atoms with E-state index in [1.165, 1.54) is 0 Å². The number of anilines is 1. The van der Waals surface area contributed by atoms with Crippen LogP contribution in [-0.2, 0) is 22.3 Å². The highest BCUT2D eigenvalue weighted by atomic mass is 19.4. The van der Waals surface area contributed by atoms with Crippen molar-refractivity contribution >= 4 is 11.7 Å². The summed E-state index contributed by atoms with van der Waals surface area (Å²) in [5.41, 5.74) is 0.632. The second kappa shape index (κ2) is 9.78. The van der Waals surface area contributed by atoms with E-state index in [0.29, 0.717) is 31.8 Å². The summed E-state index contributed by atoms with van der Waals surface area (Å²) in [6.45, 7) is 6.56. The molecule has 1 aliphatic rings. The van der Waals surface area contributed by atoms with Crippen molar-refractivity contribution in [3.8, 4) is 0 Å². The van der Waals surface area contributed by atoms with Crippen molar-refractivity contribution < 1.29 is 22.7 Å². The molecule has 2 N–H and O–H groups in total. The standard InChI is InChI=1S/C18H26F3N3O2/c1-2-26-17(25)4-3-7-23-16-12-15(18(19,20)21)6-5-14(16)13-24-10-8-22-9-11-24/h5-6,12,22-23H,2-4,7-11,13H2,1H3. The Morgan fingerprint density at radius 3 is 2.69 bits per heavy atom. The Morgan fingerprint density at radius 2 is 2.04 bits per heavy atom. The first-order valence-electron chi connectivity index (χ1n) is 8.93. The average Bonchev–Trinajstić information content (AvgIpc) is 2.60. The lowest BCUT2D eigenvalue weighted by molar-refractivity contribution is -0.143. The Bertz CT molecular complexity index is 588. The number of hydrogen-bond acceptors (Lipinski definition) is 5. The minimum Gasteiger partial charge on any atom is -0.466 e. The zero-order chi connectivity index (χ0) is 19.0. The molecule has 5 nitrogen and oxygen atoms in total. The Hall–Kier alpha value is -1.80. The molecule has 0 spiro atoms. The predicted molar refractivity (Wildman–Crippen MR) is 93.9 cm³/mol. The van der Waals surface area contributed by atoms with Gasteiger partial charge in [-0.1, -0.05) is 6.07 Å². The fourth-order valence-electron chi connectivity index (χ4n) is 2.85. The van der Waals surface area contributed by atoms with E-state index in [0.717, 1.165) is 43.9 Å². The summed E-state index contributed by atoms with van der Waals surface area (Å²) in [7, 11) is 0. The molecule has 26 heavy (non-hydrogen) atoms. The van der Waals surface area contributed by atoms with Crippen LogP contribution in [0.15, 0.2) is 18.2 Å². The Labute approximate surface area is 151 Å². The lowest BCUT2D eigenvalue weighted by atomic mass is 10.1. The average molecular weight is 373 g/mol. The van der Waals surface area contributed by atoms with Gasteiger partial charge in [0.25, 0.3) is 0 Å². The van der Waals surface area contributed by atoms with Crippen LogP contribution in [0.4, 0.5) is 18.9 Å². The molecule has 1 fully saturated rings. The van der Waals surface area contributed by atoms with Crippen molar-refractivity contribution in [3.05, 3.63) is 29.3 Å². The summed E-state index contributed by atoms with van der Waals surface area (Å²) in [6.07, 6.45) is -3.63. The highest BCUT2D eigenvalue weighted by Gasteiger charge is 2.31. The number of halogens is 3. The van der Waals surface area contributed by atoms with Crippen LogP contribution in [0.5, 0.6) is 0 Å². The van der Waals surface area contributed by atoms with Crippen molar-refractivity contribution in [2.45, 2.75) is 32.5 Å². The minimum absolute atomic E-state index is 0.243. The molecule has 1 aromatic rings.